The van der Waals surface area contributed by atoms with Crippen LogP contribution in [0.25, 0.3) is 0 Å². The number of hydrogen-bond acceptors (Lipinski definition) is 4. The second kappa shape index (κ2) is 9.01. The van der Waals surface area contributed by atoms with Gasteiger partial charge in [0.15, 0.2) is 0 Å². The van der Waals surface area contributed by atoms with Crippen LogP contribution in [0.15, 0.2) is 24.3 Å². The summed E-state index contributed by atoms with van der Waals surface area (Å²) in [7, 11) is 3.10. The molecule has 0 aromatic heterocycles. The maximum absolute atomic E-state index is 13.1. The Balaban J connectivity index is 1.27. The largest absolute Gasteiger partial charge is 0.469 e. The van der Waals surface area contributed by atoms with Crippen LogP contribution in [0.4, 0.5) is 0 Å². The van der Waals surface area contributed by atoms with Gasteiger partial charge in [-0.2, -0.15) is 0 Å². The Morgan fingerprint density at radius 3 is 2.16 bits per heavy atom. The Bertz CT molecular complexity index is 797. The summed E-state index contributed by atoms with van der Waals surface area (Å²) < 4.78 is 4.63. The predicted octanol–water partition coefficient (Wildman–Crippen LogP) is 3.54. The number of carbonyl (C=O) groups excluding carboxylic acids is 3. The molecule has 4 aliphatic rings. The third-order valence-electron chi connectivity index (χ3n) is 7.62. The van der Waals surface area contributed by atoms with Gasteiger partial charge in [0.1, 0.15) is 0 Å². The Labute approximate surface area is 184 Å². The van der Waals surface area contributed by atoms with Crippen LogP contribution in [-0.2, 0) is 20.9 Å². The van der Waals surface area contributed by atoms with E-state index in [-0.39, 0.29) is 23.2 Å². The van der Waals surface area contributed by atoms with E-state index in [4.69, 9.17) is 0 Å². The Hall–Kier alpha value is -2.37. The van der Waals surface area contributed by atoms with Crippen LogP contribution in [-0.4, -0.2) is 43.4 Å². The fourth-order valence-electron chi connectivity index (χ4n) is 6.41. The molecule has 6 nitrogen and oxygen atoms in total. The molecule has 0 atom stereocenters. The van der Waals surface area contributed by atoms with Gasteiger partial charge in [-0.05, 0) is 80.4 Å². The summed E-state index contributed by atoms with van der Waals surface area (Å²) in [6, 6.07) is 7.45. The number of methoxy groups -OCH3 is 1. The van der Waals surface area contributed by atoms with Crippen molar-refractivity contribution < 1.29 is 19.1 Å². The summed E-state index contributed by atoms with van der Waals surface area (Å²) in [4.78, 5) is 38.5. The maximum atomic E-state index is 13.1. The van der Waals surface area contributed by atoms with Crippen molar-refractivity contribution in [2.24, 2.45) is 23.2 Å². The van der Waals surface area contributed by atoms with E-state index in [9.17, 15) is 14.4 Å². The van der Waals surface area contributed by atoms with Crippen LogP contribution in [0.3, 0.4) is 0 Å². The first kappa shape index (κ1) is 21.8. The normalized spacial score (nSPS) is 28.3. The van der Waals surface area contributed by atoms with Crippen LogP contribution in [0.2, 0.25) is 0 Å². The molecule has 0 spiro atoms. The molecule has 0 saturated heterocycles. The topological polar surface area (TPSA) is 75.7 Å². The highest BCUT2D eigenvalue weighted by Gasteiger charge is 2.54. The molecular weight excluding hydrogens is 392 g/mol. The fraction of sp³-hybridized carbons (Fsp3) is 0.640. The standard InChI is InChI=1S/C25H34N2O4/c1-27(9-3-4-22(28)31-2)23(29)21-7-5-17(6-8-21)16-26-24(30)25-13-18-10-19(14-25)12-20(11-18)15-25/h5-8,18-20H,3-4,9-16H2,1-2H3,(H,26,30). The number of nitrogens with zero attached hydrogens (tertiary/aromatic N) is 1. The second-order valence-corrected chi connectivity index (χ2v) is 9.98. The summed E-state index contributed by atoms with van der Waals surface area (Å²) >= 11 is 0. The molecule has 4 saturated carbocycles. The van der Waals surface area contributed by atoms with E-state index in [2.05, 4.69) is 10.1 Å². The quantitative estimate of drug-likeness (QED) is 0.645. The number of rotatable bonds is 8. The third kappa shape index (κ3) is 4.78. The fourth-order valence-corrected chi connectivity index (χ4v) is 6.41. The highest BCUT2D eigenvalue weighted by atomic mass is 16.5. The number of hydrogen-bond donors (Lipinski definition) is 1. The molecular formula is C25H34N2O4. The molecule has 5 rings (SSSR count). The molecule has 0 radical (unpaired) electrons. The number of amides is 2. The van der Waals surface area contributed by atoms with Gasteiger partial charge in [0.05, 0.1) is 7.11 Å². The molecule has 4 aliphatic carbocycles. The zero-order valence-corrected chi connectivity index (χ0v) is 18.7. The lowest BCUT2D eigenvalue weighted by molar-refractivity contribution is -0.146. The number of benzene rings is 1. The SMILES string of the molecule is COC(=O)CCCN(C)C(=O)c1ccc(CNC(=O)C23CC4CC(CC(C4)C2)C3)cc1. The number of esters is 1. The molecule has 1 aromatic rings. The van der Waals surface area contributed by atoms with Crippen molar-refractivity contribution in [1.29, 1.82) is 0 Å². The van der Waals surface area contributed by atoms with Crippen molar-refractivity contribution in [3.8, 4) is 0 Å². The van der Waals surface area contributed by atoms with Crippen molar-refractivity contribution >= 4 is 17.8 Å². The van der Waals surface area contributed by atoms with Crippen LogP contribution < -0.4 is 5.32 Å². The minimum atomic E-state index is -0.263. The van der Waals surface area contributed by atoms with Gasteiger partial charge in [-0.3, -0.25) is 14.4 Å². The summed E-state index contributed by atoms with van der Waals surface area (Å²) in [6.07, 6.45) is 8.08. The van der Waals surface area contributed by atoms with Gasteiger partial charge in [0.2, 0.25) is 5.91 Å². The average Bonchev–Trinajstić information content (AvgIpc) is 2.76. The van der Waals surface area contributed by atoms with Crippen molar-refractivity contribution in [2.75, 3.05) is 20.7 Å². The number of ether oxygens (including phenoxy) is 1. The second-order valence-electron chi connectivity index (χ2n) is 9.98. The molecule has 0 heterocycles. The molecule has 1 aromatic carbocycles. The van der Waals surface area contributed by atoms with E-state index >= 15 is 0 Å². The summed E-state index contributed by atoms with van der Waals surface area (Å²) in [5, 5.41) is 3.19. The molecule has 6 heteroatoms. The van der Waals surface area contributed by atoms with Crippen molar-refractivity contribution in [3.63, 3.8) is 0 Å². The van der Waals surface area contributed by atoms with Crippen molar-refractivity contribution in [2.45, 2.75) is 57.9 Å². The maximum Gasteiger partial charge on any atom is 0.305 e. The van der Waals surface area contributed by atoms with Gasteiger partial charge in [-0.25, -0.2) is 0 Å². The van der Waals surface area contributed by atoms with Gasteiger partial charge in [0.25, 0.3) is 5.91 Å². The summed E-state index contributed by atoms with van der Waals surface area (Å²) in [5.41, 5.74) is 1.48. The first-order chi connectivity index (χ1) is 14.9. The minimum Gasteiger partial charge on any atom is -0.469 e. The van der Waals surface area contributed by atoms with Gasteiger partial charge in [-0.1, -0.05) is 12.1 Å². The first-order valence-corrected chi connectivity index (χ1v) is 11.6. The first-order valence-electron chi connectivity index (χ1n) is 11.6. The molecule has 1 N–H and O–H groups in total. The molecule has 4 fully saturated rings. The van der Waals surface area contributed by atoms with Crippen molar-refractivity contribution in [1.82, 2.24) is 10.2 Å². The molecule has 2 amide bonds. The minimum absolute atomic E-state index is 0.0750. The average molecular weight is 427 g/mol. The van der Waals surface area contributed by atoms with Gasteiger partial charge < -0.3 is 15.0 Å². The van der Waals surface area contributed by atoms with Gasteiger partial charge >= 0.3 is 5.97 Å². The van der Waals surface area contributed by atoms with Gasteiger partial charge in [-0.15, -0.1) is 0 Å². The Morgan fingerprint density at radius 2 is 1.61 bits per heavy atom. The molecule has 4 bridgehead atoms. The number of carbonyl (C=O) groups is 3. The van der Waals surface area contributed by atoms with Crippen LogP contribution in [0.1, 0.15) is 67.3 Å². The zero-order chi connectivity index (χ0) is 22.0. The van der Waals surface area contributed by atoms with E-state index < -0.39 is 0 Å². The lowest BCUT2D eigenvalue weighted by Crippen LogP contribution is -2.53. The molecule has 0 unspecified atom stereocenters. The van der Waals surface area contributed by atoms with E-state index in [0.29, 0.717) is 31.5 Å². The molecule has 168 valence electrons. The highest BCUT2D eigenvalue weighted by Crippen LogP contribution is 2.60. The monoisotopic (exact) mass is 426 g/mol. The van der Waals surface area contributed by atoms with E-state index in [1.807, 2.05) is 24.3 Å². The highest BCUT2D eigenvalue weighted by molar-refractivity contribution is 5.94. The van der Waals surface area contributed by atoms with Crippen molar-refractivity contribution in [3.05, 3.63) is 35.4 Å². The molecule has 0 aliphatic heterocycles. The summed E-state index contributed by atoms with van der Waals surface area (Å²) in [6.45, 7) is 1.00. The van der Waals surface area contributed by atoms with Crippen LogP contribution >= 0.6 is 0 Å². The lowest BCUT2D eigenvalue weighted by Gasteiger charge is -2.55. The van der Waals surface area contributed by atoms with E-state index in [0.717, 1.165) is 42.6 Å². The lowest BCUT2D eigenvalue weighted by atomic mass is 9.49. The predicted molar refractivity (Wildman–Crippen MR) is 117 cm³/mol. The van der Waals surface area contributed by atoms with E-state index in [1.54, 1.807) is 11.9 Å². The van der Waals surface area contributed by atoms with Crippen LogP contribution in [0.5, 0.6) is 0 Å². The Morgan fingerprint density at radius 1 is 1.03 bits per heavy atom. The van der Waals surface area contributed by atoms with E-state index in [1.165, 1.54) is 26.4 Å². The summed E-state index contributed by atoms with van der Waals surface area (Å²) in [5.74, 6) is 2.16. The Kier molecular flexibility index (Phi) is 6.35. The van der Waals surface area contributed by atoms with Crippen LogP contribution in [0, 0.1) is 23.2 Å². The number of nitrogens with one attached hydrogen (secondary N) is 1. The molecule has 31 heavy (non-hydrogen) atoms. The zero-order valence-electron chi connectivity index (χ0n) is 18.7. The third-order valence-corrected chi connectivity index (χ3v) is 7.62. The van der Waals surface area contributed by atoms with Gasteiger partial charge in [0, 0.05) is 37.5 Å². The smallest absolute Gasteiger partial charge is 0.305 e.